The summed E-state index contributed by atoms with van der Waals surface area (Å²) in [5.74, 6) is 0.574. The van der Waals surface area contributed by atoms with Crippen molar-refractivity contribution in [3.05, 3.63) is 0 Å². The van der Waals surface area contributed by atoms with E-state index in [9.17, 15) is 8.42 Å². The van der Waals surface area contributed by atoms with Gasteiger partial charge in [0.1, 0.15) is 0 Å². The normalized spacial score (nSPS) is 23.0. The minimum absolute atomic E-state index is 0.0198. The molecule has 0 bridgehead atoms. The van der Waals surface area contributed by atoms with Crippen LogP contribution in [-0.4, -0.2) is 55.4 Å². The molecule has 0 saturated carbocycles. The molecule has 1 atom stereocenters. The second-order valence-corrected chi connectivity index (χ2v) is 8.83. The minimum atomic E-state index is -3.37. The van der Waals surface area contributed by atoms with E-state index in [0.29, 0.717) is 32.0 Å². The van der Waals surface area contributed by atoms with Crippen LogP contribution >= 0.6 is 0 Å². The van der Waals surface area contributed by atoms with Crippen LogP contribution in [0.4, 0.5) is 0 Å². The van der Waals surface area contributed by atoms with Crippen LogP contribution in [0.1, 0.15) is 46.5 Å². The Labute approximate surface area is 124 Å². The molecule has 1 unspecified atom stereocenters. The monoisotopic (exact) mass is 306 g/mol. The summed E-state index contributed by atoms with van der Waals surface area (Å²) in [6, 6.07) is 0. The molecule has 1 N–H and O–H groups in total. The highest BCUT2D eigenvalue weighted by Crippen LogP contribution is 2.34. The van der Waals surface area contributed by atoms with Crippen molar-refractivity contribution in [1.82, 2.24) is 8.61 Å². The molecule has 20 heavy (non-hydrogen) atoms. The molecule has 1 saturated heterocycles. The van der Waals surface area contributed by atoms with E-state index >= 15 is 0 Å². The maximum atomic E-state index is 12.5. The Morgan fingerprint density at radius 2 is 1.90 bits per heavy atom. The topological polar surface area (TPSA) is 60.9 Å². The highest BCUT2D eigenvalue weighted by Gasteiger charge is 2.32. The maximum Gasteiger partial charge on any atom is 0.281 e. The molecule has 0 aromatic heterocycles. The van der Waals surface area contributed by atoms with Gasteiger partial charge >= 0.3 is 0 Å². The van der Waals surface area contributed by atoms with Gasteiger partial charge in [-0.2, -0.15) is 17.0 Å². The summed E-state index contributed by atoms with van der Waals surface area (Å²) in [6.07, 6.45) is 3.43. The summed E-state index contributed by atoms with van der Waals surface area (Å²) < 4.78 is 27.9. The smallest absolute Gasteiger partial charge is 0.281 e. The third-order valence-electron chi connectivity index (χ3n) is 4.26. The first kappa shape index (κ1) is 17.9. The zero-order valence-electron chi connectivity index (χ0n) is 13.3. The first-order valence-electron chi connectivity index (χ1n) is 7.52. The highest BCUT2D eigenvalue weighted by molar-refractivity contribution is 7.86. The predicted octanol–water partition coefficient (Wildman–Crippen LogP) is 1.69. The molecule has 1 fully saturated rings. The summed E-state index contributed by atoms with van der Waals surface area (Å²) in [7, 11) is -1.78. The Hall–Kier alpha value is -0.170. The summed E-state index contributed by atoms with van der Waals surface area (Å²) in [4.78, 5) is 0. The number of hydrogen-bond donors (Lipinski definition) is 1. The quantitative estimate of drug-likeness (QED) is 0.841. The predicted molar refractivity (Wildman–Crippen MR) is 81.6 cm³/mol. The number of aliphatic hydroxyl groups excluding tert-OH is 1. The first-order chi connectivity index (χ1) is 9.19. The van der Waals surface area contributed by atoms with E-state index in [-0.39, 0.29) is 12.0 Å². The molecule has 5 nitrogen and oxygen atoms in total. The molecule has 1 rings (SSSR count). The van der Waals surface area contributed by atoms with Crippen molar-refractivity contribution >= 4 is 10.2 Å². The Kier molecular flexibility index (Phi) is 6.44. The van der Waals surface area contributed by atoms with Crippen molar-refractivity contribution in [2.75, 3.05) is 33.3 Å². The van der Waals surface area contributed by atoms with Gasteiger partial charge in [0.05, 0.1) is 0 Å². The van der Waals surface area contributed by atoms with Crippen molar-refractivity contribution in [2.45, 2.75) is 46.5 Å². The van der Waals surface area contributed by atoms with Crippen LogP contribution in [0.15, 0.2) is 0 Å². The van der Waals surface area contributed by atoms with E-state index in [1.54, 1.807) is 11.4 Å². The van der Waals surface area contributed by atoms with Gasteiger partial charge in [-0.1, -0.05) is 20.8 Å². The Morgan fingerprint density at radius 3 is 2.45 bits per heavy atom. The number of rotatable bonds is 5. The van der Waals surface area contributed by atoms with Gasteiger partial charge in [0, 0.05) is 33.3 Å². The van der Waals surface area contributed by atoms with E-state index < -0.39 is 10.2 Å². The Balaban J connectivity index is 2.68. The molecular formula is C14H30N2O3S. The van der Waals surface area contributed by atoms with Gasteiger partial charge in [-0.15, -0.1) is 0 Å². The molecule has 1 heterocycles. The van der Waals surface area contributed by atoms with Crippen LogP contribution in [0.2, 0.25) is 0 Å². The van der Waals surface area contributed by atoms with Gasteiger partial charge in [-0.05, 0) is 37.0 Å². The lowest BCUT2D eigenvalue weighted by molar-refractivity contribution is 0.216. The largest absolute Gasteiger partial charge is 0.396 e. The minimum Gasteiger partial charge on any atom is -0.396 e. The SMILES string of the molecule is CN(CCCO)S(=O)(=O)N1CCCC(C(C)(C)C)CC1. The highest BCUT2D eigenvalue weighted by atomic mass is 32.2. The number of hydrogen-bond acceptors (Lipinski definition) is 3. The van der Waals surface area contributed by atoms with Crippen molar-refractivity contribution < 1.29 is 13.5 Å². The number of aliphatic hydroxyl groups is 1. The van der Waals surface area contributed by atoms with Gasteiger partial charge in [-0.25, -0.2) is 0 Å². The van der Waals surface area contributed by atoms with Gasteiger partial charge in [0.2, 0.25) is 0 Å². The third kappa shape index (κ3) is 4.69. The fourth-order valence-corrected chi connectivity index (χ4v) is 4.22. The second kappa shape index (κ2) is 7.20. The molecule has 0 radical (unpaired) electrons. The Morgan fingerprint density at radius 1 is 1.25 bits per heavy atom. The van der Waals surface area contributed by atoms with Crippen molar-refractivity contribution in [1.29, 1.82) is 0 Å². The molecule has 0 aromatic rings. The molecule has 0 amide bonds. The maximum absolute atomic E-state index is 12.5. The molecule has 1 aliphatic rings. The van der Waals surface area contributed by atoms with E-state index in [1.807, 2.05) is 0 Å². The third-order valence-corrected chi connectivity index (χ3v) is 6.25. The van der Waals surface area contributed by atoms with Crippen LogP contribution in [0.5, 0.6) is 0 Å². The lowest BCUT2D eigenvalue weighted by Gasteiger charge is -2.30. The zero-order chi connectivity index (χ0) is 15.4. The average molecular weight is 306 g/mol. The van der Waals surface area contributed by atoms with E-state index in [2.05, 4.69) is 20.8 Å². The Bertz CT molecular complexity index is 390. The van der Waals surface area contributed by atoms with E-state index in [1.165, 1.54) is 4.31 Å². The second-order valence-electron chi connectivity index (χ2n) is 6.80. The average Bonchev–Trinajstić information content (AvgIpc) is 2.61. The van der Waals surface area contributed by atoms with Gasteiger partial charge in [-0.3, -0.25) is 0 Å². The summed E-state index contributed by atoms with van der Waals surface area (Å²) in [5, 5.41) is 8.83. The first-order valence-corrected chi connectivity index (χ1v) is 8.91. The van der Waals surface area contributed by atoms with Crippen LogP contribution in [0, 0.1) is 11.3 Å². The van der Waals surface area contributed by atoms with E-state index in [4.69, 9.17) is 5.11 Å². The summed E-state index contributed by atoms with van der Waals surface area (Å²) in [5.41, 5.74) is 0.239. The molecule has 120 valence electrons. The van der Waals surface area contributed by atoms with Gasteiger partial charge in [0.25, 0.3) is 10.2 Å². The van der Waals surface area contributed by atoms with Gasteiger partial charge < -0.3 is 5.11 Å². The molecule has 0 spiro atoms. The fraction of sp³-hybridized carbons (Fsp3) is 1.00. The fourth-order valence-electron chi connectivity index (χ4n) is 2.77. The summed E-state index contributed by atoms with van der Waals surface area (Å²) in [6.45, 7) is 8.30. The lowest BCUT2D eigenvalue weighted by Crippen LogP contribution is -2.43. The molecular weight excluding hydrogens is 276 g/mol. The zero-order valence-corrected chi connectivity index (χ0v) is 14.1. The van der Waals surface area contributed by atoms with Gasteiger partial charge in [0.15, 0.2) is 0 Å². The molecule has 0 aliphatic carbocycles. The van der Waals surface area contributed by atoms with Crippen LogP contribution in [0.25, 0.3) is 0 Å². The summed E-state index contributed by atoms with van der Waals surface area (Å²) >= 11 is 0. The number of nitrogens with zero attached hydrogens (tertiary/aromatic N) is 2. The van der Waals surface area contributed by atoms with Crippen LogP contribution in [-0.2, 0) is 10.2 Å². The molecule has 6 heteroatoms. The van der Waals surface area contributed by atoms with Crippen molar-refractivity contribution in [2.24, 2.45) is 11.3 Å². The standard InChI is InChI=1S/C14H30N2O3S/c1-14(2,3)13-7-5-10-16(11-8-13)20(18,19)15(4)9-6-12-17/h13,17H,5-12H2,1-4H3. The molecule has 0 aromatic carbocycles. The van der Waals surface area contributed by atoms with Crippen molar-refractivity contribution in [3.8, 4) is 0 Å². The van der Waals surface area contributed by atoms with Crippen LogP contribution in [0.3, 0.4) is 0 Å². The van der Waals surface area contributed by atoms with Crippen molar-refractivity contribution in [3.63, 3.8) is 0 Å². The van der Waals surface area contributed by atoms with E-state index in [0.717, 1.165) is 19.3 Å². The lowest BCUT2D eigenvalue weighted by atomic mass is 9.77. The molecule has 1 aliphatic heterocycles. The van der Waals surface area contributed by atoms with Crippen LogP contribution < -0.4 is 0 Å².